The number of nitrogens with zero attached hydrogens (tertiary/aromatic N) is 2. The molecule has 2 aromatic rings. The standard InChI is InChI=1S/C18H20FN3O5S/c1-4-21(5-2)28(26,27)17-10-13(7-9-15(17)19)18(23)20-14-8-6-12(3)16(11-14)22(24)25/h6-11H,4-5H2,1-3H3,(H,20,23). The van der Waals surface area contributed by atoms with Gasteiger partial charge in [0.05, 0.1) is 4.92 Å². The topological polar surface area (TPSA) is 110 Å². The van der Waals surface area contributed by atoms with E-state index >= 15 is 0 Å². The quantitative estimate of drug-likeness (QED) is 0.557. The van der Waals surface area contributed by atoms with Gasteiger partial charge in [0.1, 0.15) is 10.7 Å². The number of nitro benzene ring substituents is 1. The van der Waals surface area contributed by atoms with Crippen molar-refractivity contribution in [3.8, 4) is 0 Å². The molecule has 0 bridgehead atoms. The second-order valence-electron chi connectivity index (χ2n) is 5.95. The Morgan fingerprint density at radius 2 is 1.82 bits per heavy atom. The van der Waals surface area contributed by atoms with Gasteiger partial charge in [0.15, 0.2) is 0 Å². The van der Waals surface area contributed by atoms with E-state index in [2.05, 4.69) is 5.32 Å². The first-order valence-electron chi connectivity index (χ1n) is 8.47. The minimum absolute atomic E-state index is 0.0876. The minimum Gasteiger partial charge on any atom is -0.322 e. The average Bonchev–Trinajstić information content (AvgIpc) is 2.64. The fourth-order valence-corrected chi connectivity index (χ4v) is 4.18. The van der Waals surface area contributed by atoms with Crippen molar-refractivity contribution < 1.29 is 22.5 Å². The molecule has 0 aliphatic rings. The number of hydrogen-bond donors (Lipinski definition) is 1. The Labute approximate surface area is 162 Å². The van der Waals surface area contributed by atoms with Crippen molar-refractivity contribution in [2.45, 2.75) is 25.7 Å². The lowest BCUT2D eigenvalue weighted by molar-refractivity contribution is -0.385. The van der Waals surface area contributed by atoms with Crippen molar-refractivity contribution in [3.63, 3.8) is 0 Å². The lowest BCUT2D eigenvalue weighted by Gasteiger charge is -2.19. The molecule has 0 saturated carbocycles. The summed E-state index contributed by atoms with van der Waals surface area (Å²) in [7, 11) is -4.10. The number of carbonyl (C=O) groups is 1. The molecule has 0 unspecified atom stereocenters. The Morgan fingerprint density at radius 1 is 1.18 bits per heavy atom. The van der Waals surface area contributed by atoms with Crippen molar-refractivity contribution >= 4 is 27.3 Å². The third-order valence-electron chi connectivity index (χ3n) is 4.18. The van der Waals surface area contributed by atoms with Crippen LogP contribution >= 0.6 is 0 Å². The van der Waals surface area contributed by atoms with Crippen LogP contribution in [0, 0.1) is 22.9 Å². The zero-order chi connectivity index (χ0) is 21.1. The Bertz CT molecular complexity index is 1020. The number of amides is 1. The van der Waals surface area contributed by atoms with Gasteiger partial charge in [0, 0.05) is 36.0 Å². The van der Waals surface area contributed by atoms with Gasteiger partial charge in [0.25, 0.3) is 11.6 Å². The summed E-state index contributed by atoms with van der Waals surface area (Å²) < 4.78 is 40.4. The van der Waals surface area contributed by atoms with E-state index < -0.39 is 31.6 Å². The van der Waals surface area contributed by atoms with E-state index in [0.29, 0.717) is 5.56 Å². The molecule has 28 heavy (non-hydrogen) atoms. The van der Waals surface area contributed by atoms with E-state index in [-0.39, 0.29) is 30.0 Å². The second kappa shape index (κ2) is 8.44. The van der Waals surface area contributed by atoms with Crippen LogP contribution in [-0.2, 0) is 10.0 Å². The van der Waals surface area contributed by atoms with Gasteiger partial charge in [-0.25, -0.2) is 12.8 Å². The highest BCUT2D eigenvalue weighted by molar-refractivity contribution is 7.89. The SMILES string of the molecule is CCN(CC)S(=O)(=O)c1cc(C(=O)Nc2ccc(C)c([N+](=O)[O-])c2)ccc1F. The third kappa shape index (κ3) is 4.34. The summed E-state index contributed by atoms with van der Waals surface area (Å²) in [5.41, 5.74) is 0.342. The van der Waals surface area contributed by atoms with Gasteiger partial charge in [-0.05, 0) is 31.2 Å². The molecule has 2 aromatic carbocycles. The van der Waals surface area contributed by atoms with Gasteiger partial charge in [-0.1, -0.05) is 19.9 Å². The lowest BCUT2D eigenvalue weighted by atomic mass is 10.1. The van der Waals surface area contributed by atoms with E-state index in [1.165, 1.54) is 18.2 Å². The largest absolute Gasteiger partial charge is 0.322 e. The number of carbonyl (C=O) groups excluding carboxylic acids is 1. The summed E-state index contributed by atoms with van der Waals surface area (Å²) in [6, 6.07) is 7.18. The van der Waals surface area contributed by atoms with Crippen molar-refractivity contribution in [2.24, 2.45) is 0 Å². The maximum Gasteiger partial charge on any atom is 0.274 e. The fraction of sp³-hybridized carbons (Fsp3) is 0.278. The maximum atomic E-state index is 14.2. The Balaban J connectivity index is 2.38. The van der Waals surface area contributed by atoms with E-state index in [1.807, 2.05) is 0 Å². The lowest BCUT2D eigenvalue weighted by Crippen LogP contribution is -2.31. The smallest absolute Gasteiger partial charge is 0.274 e. The number of aryl methyl sites for hydroxylation is 1. The van der Waals surface area contributed by atoms with Crippen molar-refractivity contribution in [2.75, 3.05) is 18.4 Å². The number of nitrogens with one attached hydrogen (secondary N) is 1. The molecular weight excluding hydrogens is 389 g/mol. The molecule has 0 aliphatic heterocycles. The van der Waals surface area contributed by atoms with Crippen LogP contribution < -0.4 is 5.32 Å². The summed E-state index contributed by atoms with van der Waals surface area (Å²) in [6.07, 6.45) is 0. The first-order valence-corrected chi connectivity index (χ1v) is 9.91. The highest BCUT2D eigenvalue weighted by atomic mass is 32.2. The second-order valence-corrected chi connectivity index (χ2v) is 7.85. The molecule has 0 aliphatic carbocycles. The molecule has 0 fully saturated rings. The van der Waals surface area contributed by atoms with Crippen LogP contribution in [0.5, 0.6) is 0 Å². The molecule has 0 atom stereocenters. The average molecular weight is 409 g/mol. The molecule has 150 valence electrons. The summed E-state index contributed by atoms with van der Waals surface area (Å²) in [6.45, 7) is 5.12. The van der Waals surface area contributed by atoms with Crippen LogP contribution in [0.2, 0.25) is 0 Å². The maximum absolute atomic E-state index is 14.2. The molecule has 1 amide bonds. The van der Waals surface area contributed by atoms with Crippen LogP contribution in [0.1, 0.15) is 29.8 Å². The number of anilines is 1. The summed E-state index contributed by atoms with van der Waals surface area (Å²) in [5, 5.41) is 13.5. The first kappa shape index (κ1) is 21.5. The Hall–Kier alpha value is -2.85. The molecule has 2 rings (SSSR count). The van der Waals surface area contributed by atoms with Crippen LogP contribution in [-0.4, -0.2) is 36.6 Å². The molecule has 10 heteroatoms. The van der Waals surface area contributed by atoms with Gasteiger partial charge in [-0.3, -0.25) is 14.9 Å². The zero-order valence-corrected chi connectivity index (χ0v) is 16.4. The molecule has 0 aromatic heterocycles. The van der Waals surface area contributed by atoms with Gasteiger partial charge in [0.2, 0.25) is 10.0 Å². The third-order valence-corrected chi connectivity index (χ3v) is 6.25. The predicted molar refractivity (Wildman–Crippen MR) is 102 cm³/mol. The highest BCUT2D eigenvalue weighted by Crippen LogP contribution is 2.24. The number of nitro groups is 1. The van der Waals surface area contributed by atoms with Crippen LogP contribution in [0.4, 0.5) is 15.8 Å². The van der Waals surface area contributed by atoms with Gasteiger partial charge in [-0.2, -0.15) is 4.31 Å². The number of benzene rings is 2. The number of rotatable bonds is 7. The fourth-order valence-electron chi connectivity index (χ4n) is 2.63. The van der Waals surface area contributed by atoms with E-state index in [9.17, 15) is 27.7 Å². The van der Waals surface area contributed by atoms with Crippen LogP contribution in [0.3, 0.4) is 0 Å². The molecule has 0 heterocycles. The molecule has 0 spiro atoms. The molecule has 0 saturated heterocycles. The Morgan fingerprint density at radius 3 is 2.39 bits per heavy atom. The number of sulfonamides is 1. The Kier molecular flexibility index (Phi) is 6.47. The van der Waals surface area contributed by atoms with Gasteiger partial charge in [-0.15, -0.1) is 0 Å². The molecule has 0 radical (unpaired) electrons. The molecular formula is C18H20FN3O5S. The summed E-state index contributed by atoms with van der Waals surface area (Å²) in [4.78, 5) is 22.3. The van der Waals surface area contributed by atoms with Crippen molar-refractivity contribution in [1.82, 2.24) is 4.31 Å². The number of halogens is 1. The normalized spacial score (nSPS) is 11.5. The summed E-state index contributed by atoms with van der Waals surface area (Å²) in [5.74, 6) is -1.68. The zero-order valence-electron chi connectivity index (χ0n) is 15.6. The van der Waals surface area contributed by atoms with Crippen LogP contribution in [0.15, 0.2) is 41.3 Å². The first-order chi connectivity index (χ1) is 13.1. The van der Waals surface area contributed by atoms with E-state index in [4.69, 9.17) is 0 Å². The van der Waals surface area contributed by atoms with Gasteiger partial charge < -0.3 is 5.32 Å². The number of hydrogen-bond acceptors (Lipinski definition) is 5. The van der Waals surface area contributed by atoms with Gasteiger partial charge >= 0.3 is 0 Å². The summed E-state index contributed by atoms with van der Waals surface area (Å²) >= 11 is 0. The van der Waals surface area contributed by atoms with Crippen LogP contribution in [0.25, 0.3) is 0 Å². The van der Waals surface area contributed by atoms with Crippen molar-refractivity contribution in [1.29, 1.82) is 0 Å². The van der Waals surface area contributed by atoms with Crippen molar-refractivity contribution in [3.05, 3.63) is 63.5 Å². The van der Waals surface area contributed by atoms with E-state index in [0.717, 1.165) is 22.5 Å². The minimum atomic E-state index is -4.10. The molecule has 8 nitrogen and oxygen atoms in total. The molecule has 1 N–H and O–H groups in total. The highest BCUT2D eigenvalue weighted by Gasteiger charge is 2.26. The predicted octanol–water partition coefficient (Wildman–Crippen LogP) is 3.33. The monoisotopic (exact) mass is 409 g/mol. The van der Waals surface area contributed by atoms with E-state index in [1.54, 1.807) is 20.8 Å².